The van der Waals surface area contributed by atoms with E-state index in [1.165, 1.54) is 19.3 Å². The van der Waals surface area contributed by atoms with E-state index in [9.17, 15) is 4.79 Å². The summed E-state index contributed by atoms with van der Waals surface area (Å²) in [5.74, 6) is 1.04. The lowest BCUT2D eigenvalue weighted by Gasteiger charge is -2.29. The first-order valence-electron chi connectivity index (χ1n) is 9.42. The van der Waals surface area contributed by atoms with Crippen molar-refractivity contribution in [3.8, 4) is 11.5 Å². The molecule has 3 rings (SSSR count). The minimum absolute atomic E-state index is 0.0892. The standard InChI is InChI=1S/C19H27N5O2/c1-3-16(19(25)21-14-9-5-4-6-10-14)24(2)13-17-22-18(23-26-17)15-11-7-8-12-20-15/h7-8,11-12,14,16H,3-6,9-10,13H2,1-2H3,(H,21,25)/t16-/m1/s1. The Morgan fingerprint density at radius 1 is 1.35 bits per heavy atom. The van der Waals surface area contributed by atoms with Crippen LogP contribution < -0.4 is 5.32 Å². The van der Waals surface area contributed by atoms with Crippen molar-refractivity contribution in [2.75, 3.05) is 7.05 Å². The second-order valence-corrected chi connectivity index (χ2v) is 6.91. The molecule has 0 spiro atoms. The Labute approximate surface area is 154 Å². The number of hydrogen-bond acceptors (Lipinski definition) is 6. The van der Waals surface area contributed by atoms with Gasteiger partial charge in [0.05, 0.1) is 12.6 Å². The second-order valence-electron chi connectivity index (χ2n) is 6.91. The van der Waals surface area contributed by atoms with Crippen molar-refractivity contribution in [1.29, 1.82) is 0 Å². The molecule has 0 aliphatic heterocycles. The summed E-state index contributed by atoms with van der Waals surface area (Å²) >= 11 is 0. The van der Waals surface area contributed by atoms with Crippen molar-refractivity contribution < 1.29 is 9.32 Å². The number of pyridine rings is 1. The van der Waals surface area contributed by atoms with E-state index in [0.29, 0.717) is 30.0 Å². The molecule has 26 heavy (non-hydrogen) atoms. The molecule has 1 fully saturated rings. The van der Waals surface area contributed by atoms with Crippen LogP contribution in [-0.4, -0.2) is 45.1 Å². The Morgan fingerprint density at radius 3 is 2.85 bits per heavy atom. The number of rotatable bonds is 7. The molecule has 1 atom stereocenters. The third kappa shape index (κ3) is 4.66. The van der Waals surface area contributed by atoms with E-state index in [4.69, 9.17) is 4.52 Å². The lowest BCUT2D eigenvalue weighted by Crippen LogP contribution is -2.48. The van der Waals surface area contributed by atoms with Gasteiger partial charge in [-0.3, -0.25) is 14.7 Å². The number of nitrogens with one attached hydrogen (secondary N) is 1. The van der Waals surface area contributed by atoms with Crippen LogP contribution in [0.2, 0.25) is 0 Å². The molecular formula is C19H27N5O2. The largest absolute Gasteiger partial charge is 0.352 e. The van der Waals surface area contributed by atoms with Crippen molar-refractivity contribution in [2.45, 2.75) is 64.1 Å². The highest BCUT2D eigenvalue weighted by atomic mass is 16.5. The number of carbonyl (C=O) groups is 1. The van der Waals surface area contributed by atoms with E-state index in [2.05, 4.69) is 20.4 Å². The van der Waals surface area contributed by atoms with E-state index >= 15 is 0 Å². The number of likely N-dealkylation sites (N-methyl/N-ethyl adjacent to an activating group) is 1. The van der Waals surface area contributed by atoms with Gasteiger partial charge in [-0.2, -0.15) is 4.98 Å². The van der Waals surface area contributed by atoms with Gasteiger partial charge in [0.2, 0.25) is 17.6 Å². The second kappa shape index (κ2) is 8.89. The van der Waals surface area contributed by atoms with Crippen molar-refractivity contribution >= 4 is 5.91 Å². The molecule has 0 unspecified atom stereocenters. The van der Waals surface area contributed by atoms with Crippen LogP contribution in [0.15, 0.2) is 28.9 Å². The third-order valence-electron chi connectivity index (χ3n) is 4.92. The van der Waals surface area contributed by atoms with Crippen LogP contribution in [0, 0.1) is 0 Å². The van der Waals surface area contributed by atoms with Gasteiger partial charge < -0.3 is 9.84 Å². The Kier molecular flexibility index (Phi) is 6.33. The summed E-state index contributed by atoms with van der Waals surface area (Å²) in [5, 5.41) is 7.20. The highest BCUT2D eigenvalue weighted by Gasteiger charge is 2.26. The maximum absolute atomic E-state index is 12.7. The van der Waals surface area contributed by atoms with Gasteiger partial charge >= 0.3 is 0 Å². The first-order chi connectivity index (χ1) is 12.7. The van der Waals surface area contributed by atoms with Gasteiger partial charge in [-0.25, -0.2) is 0 Å². The number of amides is 1. The van der Waals surface area contributed by atoms with Gasteiger partial charge in [-0.05, 0) is 38.4 Å². The zero-order chi connectivity index (χ0) is 18.4. The fraction of sp³-hybridized carbons (Fsp3) is 0.579. The smallest absolute Gasteiger partial charge is 0.241 e. The van der Waals surface area contributed by atoms with E-state index in [1.807, 2.05) is 37.1 Å². The molecule has 0 bridgehead atoms. The molecule has 1 aliphatic carbocycles. The van der Waals surface area contributed by atoms with Crippen LogP contribution >= 0.6 is 0 Å². The Bertz CT molecular complexity index is 697. The van der Waals surface area contributed by atoms with Crippen LogP contribution in [-0.2, 0) is 11.3 Å². The van der Waals surface area contributed by atoms with Crippen LogP contribution in [0.1, 0.15) is 51.3 Å². The molecule has 1 amide bonds. The van der Waals surface area contributed by atoms with Gasteiger partial charge in [0.25, 0.3) is 0 Å². The first kappa shape index (κ1) is 18.5. The quantitative estimate of drug-likeness (QED) is 0.820. The molecule has 1 saturated carbocycles. The monoisotopic (exact) mass is 357 g/mol. The third-order valence-corrected chi connectivity index (χ3v) is 4.92. The first-order valence-corrected chi connectivity index (χ1v) is 9.42. The minimum Gasteiger partial charge on any atom is -0.352 e. The molecule has 2 aromatic heterocycles. The topological polar surface area (TPSA) is 84.2 Å². The Balaban J connectivity index is 1.59. The fourth-order valence-corrected chi connectivity index (χ4v) is 3.48. The molecule has 7 heteroatoms. The normalized spacial score (nSPS) is 16.6. The predicted molar refractivity (Wildman–Crippen MR) is 98.1 cm³/mol. The molecule has 7 nitrogen and oxygen atoms in total. The predicted octanol–water partition coefficient (Wildman–Crippen LogP) is 2.79. The molecule has 140 valence electrons. The zero-order valence-electron chi connectivity index (χ0n) is 15.5. The van der Waals surface area contributed by atoms with E-state index in [1.54, 1.807) is 6.20 Å². The minimum atomic E-state index is -0.206. The van der Waals surface area contributed by atoms with Gasteiger partial charge in [-0.1, -0.05) is 37.4 Å². The molecule has 1 N–H and O–H groups in total. The Morgan fingerprint density at radius 2 is 2.15 bits per heavy atom. The molecule has 1 aliphatic rings. The van der Waals surface area contributed by atoms with Crippen LogP contribution in [0.5, 0.6) is 0 Å². The van der Waals surface area contributed by atoms with Gasteiger partial charge in [0, 0.05) is 12.2 Å². The number of aromatic nitrogens is 3. The van der Waals surface area contributed by atoms with Crippen LogP contribution in [0.3, 0.4) is 0 Å². The average Bonchev–Trinajstić information content (AvgIpc) is 3.12. The molecule has 0 radical (unpaired) electrons. The summed E-state index contributed by atoms with van der Waals surface area (Å²) in [5.41, 5.74) is 0.673. The Hall–Kier alpha value is -2.28. The highest BCUT2D eigenvalue weighted by Crippen LogP contribution is 2.18. The number of carbonyl (C=O) groups excluding carboxylic acids is 1. The molecule has 0 saturated heterocycles. The average molecular weight is 357 g/mol. The van der Waals surface area contributed by atoms with Crippen molar-refractivity contribution in [3.05, 3.63) is 30.3 Å². The van der Waals surface area contributed by atoms with Crippen molar-refractivity contribution in [1.82, 2.24) is 25.3 Å². The van der Waals surface area contributed by atoms with Gasteiger partial charge in [-0.15, -0.1) is 0 Å². The summed E-state index contributed by atoms with van der Waals surface area (Å²) < 4.78 is 5.34. The summed E-state index contributed by atoms with van der Waals surface area (Å²) in [6.07, 6.45) is 8.29. The maximum Gasteiger partial charge on any atom is 0.241 e. The number of hydrogen-bond donors (Lipinski definition) is 1. The summed E-state index contributed by atoms with van der Waals surface area (Å²) in [7, 11) is 1.92. The SMILES string of the molecule is CC[C@H](C(=O)NC1CCCCC1)N(C)Cc1nc(-c2ccccn2)no1. The molecule has 0 aromatic carbocycles. The summed E-state index contributed by atoms with van der Waals surface area (Å²) in [4.78, 5) is 23.3. The maximum atomic E-state index is 12.7. The lowest BCUT2D eigenvalue weighted by atomic mass is 9.95. The van der Waals surface area contributed by atoms with Gasteiger partial charge in [0.1, 0.15) is 5.69 Å². The van der Waals surface area contributed by atoms with E-state index < -0.39 is 0 Å². The lowest BCUT2D eigenvalue weighted by molar-refractivity contribution is -0.127. The summed E-state index contributed by atoms with van der Waals surface area (Å²) in [6, 6.07) is 5.67. The van der Waals surface area contributed by atoms with Crippen LogP contribution in [0.4, 0.5) is 0 Å². The molecule has 2 aromatic rings. The van der Waals surface area contributed by atoms with Crippen molar-refractivity contribution in [3.63, 3.8) is 0 Å². The van der Waals surface area contributed by atoms with Crippen molar-refractivity contribution in [2.24, 2.45) is 0 Å². The molecular weight excluding hydrogens is 330 g/mol. The zero-order valence-corrected chi connectivity index (χ0v) is 15.5. The van der Waals surface area contributed by atoms with E-state index in [-0.39, 0.29) is 11.9 Å². The van der Waals surface area contributed by atoms with Gasteiger partial charge in [0.15, 0.2) is 0 Å². The summed E-state index contributed by atoms with van der Waals surface area (Å²) in [6.45, 7) is 2.45. The van der Waals surface area contributed by atoms with Crippen LogP contribution in [0.25, 0.3) is 11.5 Å². The number of nitrogens with zero attached hydrogens (tertiary/aromatic N) is 4. The van der Waals surface area contributed by atoms with E-state index in [0.717, 1.165) is 19.3 Å². The fourth-order valence-electron chi connectivity index (χ4n) is 3.48. The highest BCUT2D eigenvalue weighted by molar-refractivity contribution is 5.81. The molecule has 2 heterocycles.